The minimum Gasteiger partial charge on any atom is -0.502 e. The minimum absolute atomic E-state index is 0.0929. The maximum atomic E-state index is 12.5. The number of rotatable bonds is 4. The van der Waals surface area contributed by atoms with Crippen molar-refractivity contribution in [2.45, 2.75) is 6.92 Å². The number of fused-ring (bicyclic) bond motifs is 1. The van der Waals surface area contributed by atoms with Crippen molar-refractivity contribution in [3.05, 3.63) is 78.4 Å². The quantitative estimate of drug-likeness (QED) is 0.482. The van der Waals surface area contributed by atoms with Crippen LogP contribution < -0.4 is 10.1 Å². The summed E-state index contributed by atoms with van der Waals surface area (Å²) in [6, 6.07) is 21.8. The molecule has 1 amide bonds. The number of hydrogen-bond donors (Lipinski definition) is 2. The van der Waals surface area contributed by atoms with Gasteiger partial charge in [0.1, 0.15) is 0 Å². The lowest BCUT2D eigenvalue weighted by molar-refractivity contribution is -0.132. The second-order valence-corrected chi connectivity index (χ2v) is 6.41. The number of anilines is 1. The molecule has 0 saturated carbocycles. The highest BCUT2D eigenvalue weighted by atomic mass is 16.6. The highest BCUT2D eigenvalue weighted by molar-refractivity contribution is 6.05. The standard InChI is InChI=1S/C23H17NO5/c1-14(25)28-21-19(26)20(18-12-11-15-7-5-6-10-17(15)13-18)29-23(21)24-22(27)16-8-3-2-4-9-16/h2-13,26H,1H3,(H,24,27). The van der Waals surface area contributed by atoms with E-state index in [1.165, 1.54) is 6.92 Å². The molecule has 0 saturated heterocycles. The number of esters is 1. The predicted octanol–water partition coefficient (Wildman–Crippen LogP) is 4.98. The predicted molar refractivity (Wildman–Crippen MR) is 109 cm³/mol. The van der Waals surface area contributed by atoms with Crippen LogP contribution >= 0.6 is 0 Å². The van der Waals surface area contributed by atoms with E-state index in [9.17, 15) is 14.7 Å². The van der Waals surface area contributed by atoms with E-state index in [2.05, 4.69) is 5.32 Å². The molecule has 1 aromatic heterocycles. The Morgan fingerprint density at radius 3 is 2.34 bits per heavy atom. The molecule has 144 valence electrons. The van der Waals surface area contributed by atoms with Crippen LogP contribution in [-0.2, 0) is 4.79 Å². The number of ether oxygens (including phenoxy) is 1. The average molecular weight is 387 g/mol. The third-order valence-electron chi connectivity index (χ3n) is 4.36. The summed E-state index contributed by atoms with van der Waals surface area (Å²) >= 11 is 0. The molecular weight excluding hydrogens is 370 g/mol. The van der Waals surface area contributed by atoms with Crippen molar-refractivity contribution in [1.82, 2.24) is 0 Å². The molecule has 0 fully saturated rings. The van der Waals surface area contributed by atoms with Crippen LogP contribution in [0.15, 0.2) is 77.2 Å². The monoisotopic (exact) mass is 387 g/mol. The molecule has 0 unspecified atom stereocenters. The van der Waals surface area contributed by atoms with Gasteiger partial charge in [0.25, 0.3) is 5.91 Å². The number of amides is 1. The zero-order valence-corrected chi connectivity index (χ0v) is 15.5. The van der Waals surface area contributed by atoms with E-state index in [0.717, 1.165) is 10.8 Å². The molecule has 1 heterocycles. The lowest BCUT2D eigenvalue weighted by Gasteiger charge is -2.04. The van der Waals surface area contributed by atoms with Gasteiger partial charge in [0.15, 0.2) is 5.76 Å². The molecule has 0 aliphatic carbocycles. The van der Waals surface area contributed by atoms with Gasteiger partial charge in [-0.1, -0.05) is 54.6 Å². The van der Waals surface area contributed by atoms with Gasteiger partial charge in [-0.05, 0) is 29.0 Å². The lowest BCUT2D eigenvalue weighted by Crippen LogP contribution is -2.12. The first kappa shape index (κ1) is 18.3. The van der Waals surface area contributed by atoms with Crippen molar-refractivity contribution >= 4 is 28.5 Å². The van der Waals surface area contributed by atoms with Crippen LogP contribution in [0.2, 0.25) is 0 Å². The van der Waals surface area contributed by atoms with Gasteiger partial charge in [0.05, 0.1) is 0 Å². The minimum atomic E-state index is -0.652. The van der Waals surface area contributed by atoms with Gasteiger partial charge in [-0.3, -0.25) is 14.9 Å². The Balaban J connectivity index is 1.76. The van der Waals surface area contributed by atoms with Gasteiger partial charge >= 0.3 is 5.97 Å². The van der Waals surface area contributed by atoms with Gasteiger partial charge in [0, 0.05) is 18.1 Å². The zero-order chi connectivity index (χ0) is 20.4. The van der Waals surface area contributed by atoms with E-state index in [1.54, 1.807) is 36.4 Å². The average Bonchev–Trinajstić information content (AvgIpc) is 3.03. The number of nitrogens with one attached hydrogen (secondary N) is 1. The van der Waals surface area contributed by atoms with E-state index in [-0.39, 0.29) is 23.1 Å². The molecule has 4 rings (SSSR count). The number of benzene rings is 3. The summed E-state index contributed by atoms with van der Waals surface area (Å²) in [5.41, 5.74) is 0.972. The summed E-state index contributed by atoms with van der Waals surface area (Å²) in [7, 11) is 0. The molecule has 0 aliphatic rings. The van der Waals surface area contributed by atoms with Crippen molar-refractivity contribution in [2.75, 3.05) is 5.32 Å². The van der Waals surface area contributed by atoms with E-state index < -0.39 is 11.9 Å². The van der Waals surface area contributed by atoms with Gasteiger partial charge in [-0.2, -0.15) is 0 Å². The summed E-state index contributed by atoms with van der Waals surface area (Å²) in [4.78, 5) is 24.0. The van der Waals surface area contributed by atoms with Gasteiger partial charge in [0.2, 0.25) is 17.4 Å². The molecule has 29 heavy (non-hydrogen) atoms. The Morgan fingerprint density at radius 2 is 1.62 bits per heavy atom. The molecule has 4 aromatic rings. The van der Waals surface area contributed by atoms with E-state index in [0.29, 0.717) is 11.1 Å². The van der Waals surface area contributed by atoms with Crippen molar-refractivity contribution in [3.63, 3.8) is 0 Å². The topological polar surface area (TPSA) is 88.8 Å². The highest BCUT2D eigenvalue weighted by Crippen LogP contribution is 2.46. The molecule has 6 heteroatoms. The van der Waals surface area contributed by atoms with Crippen LogP contribution in [-0.4, -0.2) is 17.0 Å². The summed E-state index contributed by atoms with van der Waals surface area (Å²) < 4.78 is 10.8. The Bertz CT molecular complexity index is 1210. The van der Waals surface area contributed by atoms with Crippen molar-refractivity contribution in [3.8, 4) is 22.8 Å². The molecule has 0 spiro atoms. The maximum absolute atomic E-state index is 12.5. The first-order valence-electron chi connectivity index (χ1n) is 8.92. The third-order valence-corrected chi connectivity index (χ3v) is 4.36. The Labute approximate surface area is 166 Å². The second-order valence-electron chi connectivity index (χ2n) is 6.41. The number of carbonyl (C=O) groups is 2. The SMILES string of the molecule is CC(=O)Oc1c(NC(=O)c2ccccc2)oc(-c2ccc3ccccc3c2)c1O. The lowest BCUT2D eigenvalue weighted by atomic mass is 10.1. The van der Waals surface area contributed by atoms with Crippen molar-refractivity contribution in [2.24, 2.45) is 0 Å². The van der Waals surface area contributed by atoms with Gasteiger partial charge < -0.3 is 14.3 Å². The summed E-state index contributed by atoms with van der Waals surface area (Å²) in [5.74, 6) is -1.76. The Morgan fingerprint density at radius 1 is 0.931 bits per heavy atom. The summed E-state index contributed by atoms with van der Waals surface area (Å²) in [6.45, 7) is 1.20. The molecular formula is C23H17NO5. The Hall–Kier alpha value is -4.06. The first-order chi connectivity index (χ1) is 14.0. The largest absolute Gasteiger partial charge is 0.502 e. The van der Waals surface area contributed by atoms with Crippen LogP contribution in [0.1, 0.15) is 17.3 Å². The first-order valence-corrected chi connectivity index (χ1v) is 8.92. The number of carbonyl (C=O) groups excluding carboxylic acids is 2. The van der Waals surface area contributed by atoms with Gasteiger partial charge in [-0.15, -0.1) is 0 Å². The zero-order valence-electron chi connectivity index (χ0n) is 15.5. The van der Waals surface area contributed by atoms with Crippen molar-refractivity contribution in [1.29, 1.82) is 0 Å². The van der Waals surface area contributed by atoms with Crippen molar-refractivity contribution < 1.29 is 23.8 Å². The molecule has 0 radical (unpaired) electrons. The van der Waals surface area contributed by atoms with E-state index in [1.807, 2.05) is 36.4 Å². The fourth-order valence-electron chi connectivity index (χ4n) is 3.02. The fraction of sp³-hybridized carbons (Fsp3) is 0.0435. The summed E-state index contributed by atoms with van der Waals surface area (Å²) in [6.07, 6.45) is 0. The molecule has 0 bridgehead atoms. The fourth-order valence-corrected chi connectivity index (χ4v) is 3.02. The highest BCUT2D eigenvalue weighted by Gasteiger charge is 2.26. The third kappa shape index (κ3) is 3.68. The van der Waals surface area contributed by atoms with E-state index >= 15 is 0 Å². The molecule has 2 N–H and O–H groups in total. The van der Waals surface area contributed by atoms with Crippen LogP contribution in [0.5, 0.6) is 11.5 Å². The molecule has 0 atom stereocenters. The summed E-state index contributed by atoms with van der Waals surface area (Å²) in [5, 5.41) is 15.2. The molecule has 6 nitrogen and oxygen atoms in total. The van der Waals surface area contributed by atoms with Crippen LogP contribution in [0, 0.1) is 0 Å². The number of furan rings is 1. The molecule has 0 aliphatic heterocycles. The number of aromatic hydroxyl groups is 1. The second kappa shape index (κ2) is 7.52. The smallest absolute Gasteiger partial charge is 0.308 e. The maximum Gasteiger partial charge on any atom is 0.308 e. The molecule has 3 aromatic carbocycles. The van der Waals surface area contributed by atoms with Crippen LogP contribution in [0.3, 0.4) is 0 Å². The van der Waals surface area contributed by atoms with Crippen LogP contribution in [0.25, 0.3) is 22.1 Å². The Kier molecular flexibility index (Phi) is 4.75. The number of hydrogen-bond acceptors (Lipinski definition) is 5. The normalized spacial score (nSPS) is 10.7. The van der Waals surface area contributed by atoms with Gasteiger partial charge in [-0.25, -0.2) is 0 Å². The van der Waals surface area contributed by atoms with Crippen LogP contribution in [0.4, 0.5) is 5.88 Å². The van der Waals surface area contributed by atoms with E-state index in [4.69, 9.17) is 9.15 Å².